The molecule has 0 heterocycles. The van der Waals surface area contributed by atoms with Crippen molar-refractivity contribution in [1.82, 2.24) is 0 Å². The Bertz CT molecular complexity index is 277. The third kappa shape index (κ3) is 22.2. The summed E-state index contributed by atoms with van der Waals surface area (Å²) in [4.78, 5) is 11.6. The third-order valence-corrected chi connectivity index (χ3v) is 4.26. The van der Waals surface area contributed by atoms with Gasteiger partial charge in [0, 0.05) is 6.42 Å². The van der Waals surface area contributed by atoms with Crippen LogP contribution in [0, 0.1) is 0 Å². The van der Waals surface area contributed by atoms with Crippen molar-refractivity contribution < 1.29 is 38.0 Å². The number of nitrogens with zero attached hydrogens (tertiary/aromatic N) is 1. The number of carbonyl (C=O) groups excluding carboxylic acids is 1. The first-order valence-electron chi connectivity index (χ1n) is 9.92. The fourth-order valence-corrected chi connectivity index (χ4v) is 2.62. The Morgan fingerprint density at radius 3 is 1.58 bits per heavy atom. The molecule has 146 valence electrons. The van der Waals surface area contributed by atoms with Crippen LogP contribution in [0.25, 0.3) is 0 Å². The van der Waals surface area contributed by atoms with Gasteiger partial charge in [-0.3, -0.25) is 4.79 Å². The topological polar surface area (TPSA) is 26.3 Å². The number of rotatable bonds is 16. The van der Waals surface area contributed by atoms with Crippen molar-refractivity contribution in [2.24, 2.45) is 0 Å². The summed E-state index contributed by atoms with van der Waals surface area (Å²) in [6.45, 7) is 3.69. The Balaban J connectivity index is 0. The Hall–Kier alpha value is 0.160. The van der Waals surface area contributed by atoms with Gasteiger partial charge in [-0.05, 0) is 6.42 Å². The fraction of sp³-hybridized carbons (Fsp3) is 0.950. The van der Waals surface area contributed by atoms with Crippen LogP contribution in [0.3, 0.4) is 0 Å². The first-order chi connectivity index (χ1) is 11.0. The Morgan fingerprint density at radius 1 is 0.750 bits per heavy atom. The molecule has 0 saturated heterocycles. The van der Waals surface area contributed by atoms with Crippen molar-refractivity contribution in [3.8, 4) is 0 Å². The average Bonchev–Trinajstić information content (AvgIpc) is 2.47. The van der Waals surface area contributed by atoms with E-state index in [1.807, 2.05) is 0 Å². The van der Waals surface area contributed by atoms with Gasteiger partial charge in [0.25, 0.3) is 0 Å². The van der Waals surface area contributed by atoms with Crippen LogP contribution in [0.15, 0.2) is 0 Å². The highest BCUT2D eigenvalue weighted by molar-refractivity contribution is 5.69. The molecule has 0 spiro atoms. The quantitative estimate of drug-likeness (QED) is 0.155. The molecule has 0 rings (SSSR count). The van der Waals surface area contributed by atoms with Crippen LogP contribution >= 0.6 is 0 Å². The smallest absolute Gasteiger partial charge is 0.305 e. The van der Waals surface area contributed by atoms with Crippen LogP contribution in [0.4, 0.5) is 0 Å². The summed E-state index contributed by atoms with van der Waals surface area (Å²) >= 11 is 0. The lowest BCUT2D eigenvalue weighted by Gasteiger charge is -2.23. The minimum atomic E-state index is -0.0227. The predicted molar refractivity (Wildman–Crippen MR) is 99.6 cm³/mol. The second-order valence-corrected chi connectivity index (χ2v) is 7.87. The minimum absolute atomic E-state index is 0. The summed E-state index contributed by atoms with van der Waals surface area (Å²) in [6, 6.07) is 0. The lowest BCUT2D eigenvalue weighted by Crippen LogP contribution is -3.00. The number of esters is 1. The third-order valence-electron chi connectivity index (χ3n) is 4.26. The van der Waals surface area contributed by atoms with Crippen molar-refractivity contribution in [2.75, 3.05) is 34.3 Å². The molecular formula is C20H42INO2. The molecule has 0 radical (unpaired) electrons. The van der Waals surface area contributed by atoms with Crippen LogP contribution in [0.5, 0.6) is 0 Å². The van der Waals surface area contributed by atoms with Gasteiger partial charge in [0.05, 0.1) is 21.1 Å². The van der Waals surface area contributed by atoms with Gasteiger partial charge in [-0.2, -0.15) is 0 Å². The van der Waals surface area contributed by atoms with Crippen LogP contribution in [-0.2, 0) is 9.53 Å². The maximum Gasteiger partial charge on any atom is 0.305 e. The zero-order valence-corrected chi connectivity index (χ0v) is 18.9. The molecule has 0 aliphatic rings. The van der Waals surface area contributed by atoms with Gasteiger partial charge >= 0.3 is 5.97 Å². The molecule has 0 fully saturated rings. The highest BCUT2D eigenvalue weighted by atomic mass is 127. The van der Waals surface area contributed by atoms with E-state index in [-0.39, 0.29) is 29.9 Å². The first kappa shape index (κ1) is 26.4. The lowest BCUT2D eigenvalue weighted by atomic mass is 10.0. The van der Waals surface area contributed by atoms with Crippen LogP contribution in [0.1, 0.15) is 90.4 Å². The van der Waals surface area contributed by atoms with E-state index in [2.05, 4.69) is 28.1 Å². The Labute approximate surface area is 168 Å². The molecule has 0 bridgehead atoms. The molecule has 0 aromatic heterocycles. The highest BCUT2D eigenvalue weighted by Crippen LogP contribution is 2.12. The highest BCUT2D eigenvalue weighted by Gasteiger charge is 2.09. The first-order valence-corrected chi connectivity index (χ1v) is 9.92. The van der Waals surface area contributed by atoms with E-state index in [0.717, 1.165) is 17.4 Å². The van der Waals surface area contributed by atoms with E-state index in [1.54, 1.807) is 0 Å². The summed E-state index contributed by atoms with van der Waals surface area (Å²) in [7, 11) is 6.33. The molecule has 0 amide bonds. The largest absolute Gasteiger partial charge is 1.00 e. The van der Waals surface area contributed by atoms with E-state index in [0.29, 0.717) is 13.0 Å². The number of hydrogen-bond acceptors (Lipinski definition) is 2. The molecule has 0 aromatic carbocycles. The van der Waals surface area contributed by atoms with Crippen molar-refractivity contribution in [2.45, 2.75) is 90.4 Å². The van der Waals surface area contributed by atoms with Crippen LogP contribution in [0.2, 0.25) is 0 Å². The minimum Gasteiger partial charge on any atom is -1.00 e. The molecule has 0 aliphatic carbocycles. The summed E-state index contributed by atoms with van der Waals surface area (Å²) in [5.74, 6) is -0.0227. The summed E-state index contributed by atoms with van der Waals surface area (Å²) in [5, 5.41) is 0. The van der Waals surface area contributed by atoms with Crippen molar-refractivity contribution in [1.29, 1.82) is 0 Å². The standard InChI is InChI=1S/C20H42NO2.HI/c1-5-6-7-8-9-10-11-12-13-14-15-16-17-20(22)23-19-18-21(2,3)4;/h5-19H2,1-4H3;1H/q+1;/p-1. The number of unbranched alkanes of at least 4 members (excludes halogenated alkanes) is 11. The second-order valence-electron chi connectivity index (χ2n) is 7.87. The van der Waals surface area contributed by atoms with Crippen molar-refractivity contribution in [3.63, 3.8) is 0 Å². The zero-order chi connectivity index (χ0) is 17.4. The van der Waals surface area contributed by atoms with E-state index in [4.69, 9.17) is 4.74 Å². The van der Waals surface area contributed by atoms with Gasteiger partial charge in [0.15, 0.2) is 0 Å². The van der Waals surface area contributed by atoms with E-state index in [9.17, 15) is 4.79 Å². The molecule has 24 heavy (non-hydrogen) atoms. The molecule has 0 aromatic rings. The van der Waals surface area contributed by atoms with Crippen LogP contribution < -0.4 is 24.0 Å². The van der Waals surface area contributed by atoms with Gasteiger partial charge in [-0.15, -0.1) is 0 Å². The van der Waals surface area contributed by atoms with Crippen molar-refractivity contribution >= 4 is 5.97 Å². The number of carbonyl (C=O) groups is 1. The lowest BCUT2D eigenvalue weighted by molar-refractivity contribution is -0.870. The predicted octanol–water partition coefficient (Wildman–Crippen LogP) is 2.33. The van der Waals surface area contributed by atoms with E-state index < -0.39 is 0 Å². The monoisotopic (exact) mass is 455 g/mol. The van der Waals surface area contributed by atoms with Gasteiger partial charge in [0.1, 0.15) is 13.2 Å². The summed E-state index contributed by atoms with van der Waals surface area (Å²) < 4.78 is 6.10. The number of halogens is 1. The normalized spacial score (nSPS) is 11.2. The number of quaternary nitrogens is 1. The van der Waals surface area contributed by atoms with Gasteiger partial charge in [-0.25, -0.2) is 0 Å². The Morgan fingerprint density at radius 2 is 1.17 bits per heavy atom. The van der Waals surface area contributed by atoms with E-state index >= 15 is 0 Å². The van der Waals surface area contributed by atoms with Crippen molar-refractivity contribution in [3.05, 3.63) is 0 Å². The maximum atomic E-state index is 11.6. The number of likely N-dealkylation sites (N-methyl/N-ethyl adjacent to an activating group) is 1. The maximum absolute atomic E-state index is 11.6. The number of hydrogen-bond donors (Lipinski definition) is 0. The fourth-order valence-electron chi connectivity index (χ4n) is 2.62. The van der Waals surface area contributed by atoms with Gasteiger partial charge in [0.2, 0.25) is 0 Å². The van der Waals surface area contributed by atoms with Gasteiger partial charge in [-0.1, -0.05) is 77.6 Å². The molecule has 0 aliphatic heterocycles. The molecule has 4 heteroatoms. The molecule has 0 N–H and O–H groups in total. The molecule has 0 atom stereocenters. The zero-order valence-electron chi connectivity index (χ0n) is 16.7. The Kier molecular flexibility index (Phi) is 19.8. The van der Waals surface area contributed by atoms with Crippen LogP contribution in [-0.4, -0.2) is 44.7 Å². The van der Waals surface area contributed by atoms with E-state index in [1.165, 1.54) is 70.6 Å². The molecular weight excluding hydrogens is 413 g/mol. The second kappa shape index (κ2) is 18.0. The molecule has 0 saturated carbocycles. The summed E-state index contributed by atoms with van der Waals surface area (Å²) in [6.07, 6.45) is 16.5. The van der Waals surface area contributed by atoms with Gasteiger partial charge < -0.3 is 33.2 Å². The number of ether oxygens (including phenoxy) is 1. The molecule has 0 unspecified atom stereocenters. The average molecular weight is 455 g/mol. The summed E-state index contributed by atoms with van der Waals surface area (Å²) in [5.41, 5.74) is 0. The molecule has 3 nitrogen and oxygen atoms in total. The SMILES string of the molecule is CCCCCCCCCCCCCCC(=O)OCC[N+](C)(C)C.[I-].